The molecule has 1 N–H and O–H groups in total. The molecule has 2 aromatic rings. The molecule has 1 aromatic heterocycles. The summed E-state index contributed by atoms with van der Waals surface area (Å²) < 4.78 is 41.8. The lowest BCUT2D eigenvalue weighted by Crippen LogP contribution is -2.48. The van der Waals surface area contributed by atoms with E-state index in [9.17, 15) is 13.2 Å². The Bertz CT molecular complexity index is 899. The smallest absolute Gasteiger partial charge is 0.243 e. The Kier molecular flexibility index (Phi) is 8.27. The maximum absolute atomic E-state index is 12.6. The highest BCUT2D eigenvalue weighted by molar-refractivity contribution is 7.98. The predicted octanol–water partition coefficient (Wildman–Crippen LogP) is 2.50. The molecule has 8 nitrogen and oxygen atoms in total. The summed E-state index contributed by atoms with van der Waals surface area (Å²) in [6.45, 7) is 1.94. The summed E-state index contributed by atoms with van der Waals surface area (Å²) in [6, 6.07) is 7.53. The second kappa shape index (κ2) is 10.4. The number of ether oxygens (including phenoxy) is 2. The first kappa shape index (κ1) is 23.0. The molecule has 0 radical (unpaired) electrons. The number of carbonyl (C=O) groups is 1. The maximum Gasteiger partial charge on any atom is 0.243 e. The van der Waals surface area contributed by atoms with E-state index in [-0.39, 0.29) is 5.69 Å². The molecular weight excluding hydrogens is 416 g/mol. The van der Waals surface area contributed by atoms with Crippen LogP contribution in [-0.4, -0.2) is 53.1 Å². The molecule has 1 amide bonds. The maximum atomic E-state index is 12.6. The van der Waals surface area contributed by atoms with Crippen molar-refractivity contribution in [2.75, 3.05) is 37.1 Å². The van der Waals surface area contributed by atoms with E-state index < -0.39 is 22.0 Å². The van der Waals surface area contributed by atoms with Crippen LogP contribution in [0.25, 0.3) is 0 Å². The van der Waals surface area contributed by atoms with Gasteiger partial charge >= 0.3 is 0 Å². The van der Waals surface area contributed by atoms with Gasteiger partial charge in [0.2, 0.25) is 15.9 Å². The number of benzene rings is 1. The van der Waals surface area contributed by atoms with Gasteiger partial charge in [-0.2, -0.15) is 11.8 Å². The van der Waals surface area contributed by atoms with E-state index >= 15 is 0 Å². The van der Waals surface area contributed by atoms with E-state index in [4.69, 9.17) is 13.9 Å². The fourth-order valence-corrected chi connectivity index (χ4v) is 4.64. The normalized spacial score (nSPS) is 12.3. The Balaban J connectivity index is 2.07. The van der Waals surface area contributed by atoms with Crippen molar-refractivity contribution in [1.82, 2.24) is 5.32 Å². The van der Waals surface area contributed by atoms with Gasteiger partial charge in [0.25, 0.3) is 0 Å². The number of thioether (sulfide) groups is 1. The number of anilines is 1. The van der Waals surface area contributed by atoms with Crippen molar-refractivity contribution >= 4 is 33.4 Å². The number of hydrogen-bond acceptors (Lipinski definition) is 7. The quantitative estimate of drug-likeness (QED) is 0.534. The first-order valence-electron chi connectivity index (χ1n) is 8.87. The summed E-state index contributed by atoms with van der Waals surface area (Å²) in [5.41, 5.74) is 0.240. The fourth-order valence-electron chi connectivity index (χ4n) is 2.71. The number of nitrogens with one attached hydrogen (secondary N) is 1. The number of carbonyl (C=O) groups excluding carboxylic acids is 1. The lowest BCUT2D eigenvalue weighted by molar-refractivity contribution is -0.121. The molecule has 10 heteroatoms. The molecule has 0 aliphatic carbocycles. The van der Waals surface area contributed by atoms with Crippen molar-refractivity contribution in [2.24, 2.45) is 0 Å². The largest absolute Gasteiger partial charge is 0.497 e. The molecule has 0 unspecified atom stereocenters. The fraction of sp³-hybridized carbons (Fsp3) is 0.421. The topological polar surface area (TPSA) is 98.1 Å². The van der Waals surface area contributed by atoms with Crippen LogP contribution in [0.2, 0.25) is 0 Å². The number of sulfonamides is 1. The zero-order chi connectivity index (χ0) is 21.4. The van der Waals surface area contributed by atoms with Gasteiger partial charge in [-0.05, 0) is 31.2 Å². The van der Waals surface area contributed by atoms with Gasteiger partial charge in [0.15, 0.2) is 0 Å². The van der Waals surface area contributed by atoms with Gasteiger partial charge < -0.3 is 19.2 Å². The third-order valence-corrected chi connectivity index (χ3v) is 6.29. The van der Waals surface area contributed by atoms with Crippen molar-refractivity contribution in [3.63, 3.8) is 0 Å². The lowest BCUT2D eigenvalue weighted by atomic mass is 10.2. The molecule has 0 aliphatic heterocycles. The van der Waals surface area contributed by atoms with Crippen LogP contribution in [0.5, 0.6) is 11.5 Å². The van der Waals surface area contributed by atoms with Crippen molar-refractivity contribution in [2.45, 2.75) is 18.7 Å². The predicted molar refractivity (Wildman–Crippen MR) is 114 cm³/mol. The Labute approximate surface area is 175 Å². The summed E-state index contributed by atoms with van der Waals surface area (Å²) in [7, 11) is -0.849. The Morgan fingerprint density at radius 3 is 2.62 bits per heavy atom. The monoisotopic (exact) mass is 442 g/mol. The van der Waals surface area contributed by atoms with Crippen molar-refractivity contribution in [1.29, 1.82) is 0 Å². The van der Waals surface area contributed by atoms with Gasteiger partial charge in [-0.25, -0.2) is 8.42 Å². The molecule has 0 fully saturated rings. The molecule has 0 bridgehead atoms. The van der Waals surface area contributed by atoms with Crippen LogP contribution in [0.4, 0.5) is 5.69 Å². The van der Waals surface area contributed by atoms with Crippen molar-refractivity contribution in [3.05, 3.63) is 42.4 Å². The lowest BCUT2D eigenvalue weighted by Gasteiger charge is -2.29. The van der Waals surface area contributed by atoms with Gasteiger partial charge in [0.1, 0.15) is 23.3 Å². The van der Waals surface area contributed by atoms with Crippen LogP contribution in [0.1, 0.15) is 12.7 Å². The molecule has 0 aliphatic rings. The molecule has 2 rings (SSSR count). The second-order valence-corrected chi connectivity index (χ2v) is 9.16. The molecule has 1 heterocycles. The van der Waals surface area contributed by atoms with Gasteiger partial charge in [0, 0.05) is 18.4 Å². The number of rotatable bonds is 11. The average molecular weight is 443 g/mol. The van der Waals surface area contributed by atoms with Crippen LogP contribution >= 0.6 is 11.8 Å². The second-order valence-electron chi connectivity index (χ2n) is 6.20. The number of hydrogen-bond donors (Lipinski definition) is 1. The molecular formula is C19H26N2O6S2. The minimum atomic E-state index is -3.77. The van der Waals surface area contributed by atoms with E-state index in [0.717, 1.165) is 16.3 Å². The summed E-state index contributed by atoms with van der Waals surface area (Å²) in [5.74, 6) is 2.61. The van der Waals surface area contributed by atoms with Crippen LogP contribution in [-0.2, 0) is 20.6 Å². The Hall–Kier alpha value is -2.33. The number of methoxy groups -OCH3 is 2. The molecule has 0 saturated carbocycles. The highest BCUT2D eigenvalue weighted by Gasteiger charge is 2.31. The summed E-state index contributed by atoms with van der Waals surface area (Å²) in [4.78, 5) is 12.6. The highest BCUT2D eigenvalue weighted by atomic mass is 32.2. The zero-order valence-corrected chi connectivity index (χ0v) is 18.5. The molecule has 29 heavy (non-hydrogen) atoms. The number of furan rings is 1. The molecule has 0 spiro atoms. The summed E-state index contributed by atoms with van der Waals surface area (Å²) in [6.07, 6.45) is 2.67. The number of nitrogens with zero attached hydrogens (tertiary/aromatic N) is 1. The van der Waals surface area contributed by atoms with Crippen molar-refractivity contribution in [3.8, 4) is 11.5 Å². The van der Waals surface area contributed by atoms with Crippen LogP contribution in [0, 0.1) is 0 Å². The molecule has 0 saturated heterocycles. The van der Waals surface area contributed by atoms with Gasteiger partial charge in [-0.15, -0.1) is 0 Å². The summed E-state index contributed by atoms with van der Waals surface area (Å²) in [5, 5.41) is 2.78. The summed E-state index contributed by atoms with van der Waals surface area (Å²) >= 11 is 1.61. The third-order valence-electron chi connectivity index (χ3n) is 4.08. The minimum Gasteiger partial charge on any atom is -0.497 e. The standard InChI is InChI=1S/C19H26N2O6S2/c1-14(19(22)20-9-11-28-13-16-6-5-10-27-16)21(29(4,23)24)17-12-15(25-2)7-8-18(17)26-3/h5-8,10,12,14H,9,11,13H2,1-4H3,(H,20,22)/t14-/m1/s1. The zero-order valence-electron chi connectivity index (χ0n) is 16.9. The SMILES string of the molecule is COc1ccc(OC)c(N([C@H](C)C(=O)NCCSCc2ccco2)S(C)(=O)=O)c1. The van der Waals surface area contributed by atoms with Gasteiger partial charge in [0.05, 0.1) is 38.2 Å². The van der Waals surface area contributed by atoms with Crippen LogP contribution in [0.15, 0.2) is 41.0 Å². The molecule has 1 atom stereocenters. The number of amides is 1. The van der Waals surface area contributed by atoms with Gasteiger partial charge in [-0.3, -0.25) is 9.10 Å². The molecule has 160 valence electrons. The van der Waals surface area contributed by atoms with E-state index in [1.807, 2.05) is 12.1 Å². The Morgan fingerprint density at radius 2 is 2.03 bits per heavy atom. The van der Waals surface area contributed by atoms with Crippen molar-refractivity contribution < 1.29 is 27.1 Å². The minimum absolute atomic E-state index is 0.240. The third kappa shape index (κ3) is 6.33. The Morgan fingerprint density at radius 1 is 1.28 bits per heavy atom. The van der Waals surface area contributed by atoms with Crippen LogP contribution < -0.4 is 19.1 Å². The first-order valence-corrected chi connectivity index (χ1v) is 11.9. The highest BCUT2D eigenvalue weighted by Crippen LogP contribution is 2.35. The van der Waals surface area contributed by atoms with E-state index in [1.165, 1.54) is 27.2 Å². The molecule has 1 aromatic carbocycles. The van der Waals surface area contributed by atoms with Gasteiger partial charge in [-0.1, -0.05) is 0 Å². The van der Waals surface area contributed by atoms with Crippen LogP contribution in [0.3, 0.4) is 0 Å². The van der Waals surface area contributed by atoms with E-state index in [1.54, 1.807) is 30.2 Å². The first-order chi connectivity index (χ1) is 13.8. The van der Waals surface area contributed by atoms with E-state index in [2.05, 4.69) is 5.32 Å². The average Bonchev–Trinajstić information content (AvgIpc) is 3.19. The van der Waals surface area contributed by atoms with E-state index in [0.29, 0.717) is 29.5 Å².